The van der Waals surface area contributed by atoms with Gasteiger partial charge in [-0.25, -0.2) is 0 Å². The summed E-state index contributed by atoms with van der Waals surface area (Å²) in [7, 11) is 0. The molecule has 0 bridgehead atoms. The second kappa shape index (κ2) is 5.66. The van der Waals surface area contributed by atoms with E-state index in [4.69, 9.17) is 9.63 Å². The van der Waals surface area contributed by atoms with Crippen molar-refractivity contribution in [2.24, 2.45) is 0 Å². The van der Waals surface area contributed by atoms with Crippen molar-refractivity contribution in [1.29, 1.82) is 0 Å². The van der Waals surface area contributed by atoms with Gasteiger partial charge in [0.25, 0.3) is 5.91 Å². The minimum Gasteiger partial charge on any atom is -0.481 e. The molecular formula is C12H12N2O4S. The van der Waals surface area contributed by atoms with E-state index in [1.165, 1.54) is 16.2 Å². The first-order chi connectivity index (χ1) is 9.08. The quantitative estimate of drug-likeness (QED) is 0.907. The standard InChI is InChI=1S/C12H12N2O4S/c1-8-7-10(13-18-8)14(5-4-11(15)16)12(17)9-3-2-6-19-9/h2-3,6-7H,4-5H2,1H3,(H,15,16). The van der Waals surface area contributed by atoms with E-state index in [1.807, 2.05) is 0 Å². The molecule has 2 aromatic rings. The summed E-state index contributed by atoms with van der Waals surface area (Å²) in [6.45, 7) is 1.76. The molecule has 1 amide bonds. The number of thiophene rings is 1. The summed E-state index contributed by atoms with van der Waals surface area (Å²) in [6, 6.07) is 5.06. The molecule has 0 aliphatic carbocycles. The summed E-state index contributed by atoms with van der Waals surface area (Å²) < 4.78 is 4.93. The van der Waals surface area contributed by atoms with Gasteiger partial charge in [-0.1, -0.05) is 11.2 Å². The molecule has 7 heteroatoms. The fourth-order valence-corrected chi connectivity index (χ4v) is 2.21. The maximum absolute atomic E-state index is 12.3. The van der Waals surface area contributed by atoms with Gasteiger partial charge in [0.1, 0.15) is 5.76 Å². The minimum atomic E-state index is -0.968. The van der Waals surface area contributed by atoms with Gasteiger partial charge in [0.2, 0.25) is 0 Å². The summed E-state index contributed by atoms with van der Waals surface area (Å²) in [4.78, 5) is 24.8. The summed E-state index contributed by atoms with van der Waals surface area (Å²) in [5.41, 5.74) is 0. The molecule has 1 N–H and O–H groups in total. The average Bonchev–Trinajstić information content (AvgIpc) is 3.00. The Bertz CT molecular complexity index is 576. The summed E-state index contributed by atoms with van der Waals surface area (Å²) in [5, 5.41) is 14.3. The lowest BCUT2D eigenvalue weighted by atomic mass is 10.3. The average molecular weight is 280 g/mol. The second-order valence-electron chi connectivity index (χ2n) is 3.87. The number of carbonyl (C=O) groups excluding carboxylic acids is 1. The highest BCUT2D eigenvalue weighted by atomic mass is 32.1. The van der Waals surface area contributed by atoms with E-state index < -0.39 is 5.97 Å². The highest BCUT2D eigenvalue weighted by Gasteiger charge is 2.22. The van der Waals surface area contributed by atoms with Crippen LogP contribution in [-0.2, 0) is 4.79 Å². The Balaban J connectivity index is 2.23. The molecule has 0 atom stereocenters. The lowest BCUT2D eigenvalue weighted by molar-refractivity contribution is -0.136. The van der Waals surface area contributed by atoms with Crippen LogP contribution >= 0.6 is 11.3 Å². The Morgan fingerprint density at radius 3 is 2.84 bits per heavy atom. The lowest BCUT2D eigenvalue weighted by Gasteiger charge is -2.17. The van der Waals surface area contributed by atoms with Crippen LogP contribution in [0.3, 0.4) is 0 Å². The van der Waals surface area contributed by atoms with Crippen LogP contribution < -0.4 is 4.90 Å². The van der Waals surface area contributed by atoms with Crippen molar-refractivity contribution >= 4 is 29.0 Å². The van der Waals surface area contributed by atoms with Gasteiger partial charge in [-0.2, -0.15) is 0 Å². The first kappa shape index (κ1) is 13.3. The van der Waals surface area contributed by atoms with Crippen molar-refractivity contribution in [3.63, 3.8) is 0 Å². The molecule has 2 heterocycles. The molecule has 2 aromatic heterocycles. The number of hydrogen-bond donors (Lipinski definition) is 1. The Labute approximate surface area is 113 Å². The van der Waals surface area contributed by atoms with Crippen molar-refractivity contribution in [3.8, 4) is 0 Å². The zero-order chi connectivity index (χ0) is 13.8. The van der Waals surface area contributed by atoms with Crippen LogP contribution in [0.5, 0.6) is 0 Å². The number of hydrogen-bond acceptors (Lipinski definition) is 5. The van der Waals surface area contributed by atoms with Crippen LogP contribution in [0.1, 0.15) is 21.9 Å². The van der Waals surface area contributed by atoms with E-state index in [9.17, 15) is 9.59 Å². The van der Waals surface area contributed by atoms with E-state index >= 15 is 0 Å². The number of carboxylic acids is 1. The van der Waals surface area contributed by atoms with Crippen LogP contribution in [0.25, 0.3) is 0 Å². The molecule has 0 saturated carbocycles. The van der Waals surface area contributed by atoms with Crippen LogP contribution in [0.15, 0.2) is 28.1 Å². The Hall–Kier alpha value is -2.15. The van der Waals surface area contributed by atoms with Crippen LogP contribution in [0, 0.1) is 6.92 Å². The maximum Gasteiger partial charge on any atom is 0.305 e. The molecular weight excluding hydrogens is 268 g/mol. The fourth-order valence-electron chi connectivity index (χ4n) is 1.54. The number of carboxylic acid groups (broad SMARTS) is 1. The van der Waals surface area contributed by atoms with Gasteiger partial charge in [-0.15, -0.1) is 11.3 Å². The normalized spacial score (nSPS) is 10.4. The largest absolute Gasteiger partial charge is 0.481 e. The molecule has 0 aromatic carbocycles. The van der Waals surface area contributed by atoms with E-state index in [0.29, 0.717) is 16.5 Å². The molecule has 6 nitrogen and oxygen atoms in total. The number of aryl methyl sites for hydroxylation is 1. The zero-order valence-electron chi connectivity index (χ0n) is 10.2. The monoisotopic (exact) mass is 280 g/mol. The minimum absolute atomic E-state index is 0.0536. The van der Waals surface area contributed by atoms with Gasteiger partial charge in [0.05, 0.1) is 11.3 Å². The van der Waals surface area contributed by atoms with Gasteiger partial charge < -0.3 is 9.63 Å². The number of aliphatic carboxylic acids is 1. The second-order valence-corrected chi connectivity index (χ2v) is 4.82. The van der Waals surface area contributed by atoms with Gasteiger partial charge >= 0.3 is 5.97 Å². The highest BCUT2D eigenvalue weighted by Crippen LogP contribution is 2.19. The van der Waals surface area contributed by atoms with Crippen LogP contribution in [0.2, 0.25) is 0 Å². The molecule has 19 heavy (non-hydrogen) atoms. The number of amides is 1. The topological polar surface area (TPSA) is 83.6 Å². The number of carbonyl (C=O) groups is 2. The van der Waals surface area contributed by atoms with Crippen LogP contribution in [-0.4, -0.2) is 28.7 Å². The van der Waals surface area contributed by atoms with Crippen molar-refractivity contribution in [2.75, 3.05) is 11.4 Å². The van der Waals surface area contributed by atoms with Crippen LogP contribution in [0.4, 0.5) is 5.82 Å². The lowest BCUT2D eigenvalue weighted by Crippen LogP contribution is -2.32. The number of nitrogens with zero attached hydrogens (tertiary/aromatic N) is 2. The van der Waals surface area contributed by atoms with Crippen molar-refractivity contribution in [1.82, 2.24) is 5.16 Å². The predicted molar refractivity (Wildman–Crippen MR) is 69.5 cm³/mol. The Kier molecular flexibility index (Phi) is 3.96. The molecule has 0 fully saturated rings. The maximum atomic E-state index is 12.3. The Morgan fingerprint density at radius 2 is 2.32 bits per heavy atom. The zero-order valence-corrected chi connectivity index (χ0v) is 11.0. The molecule has 0 spiro atoms. The molecule has 2 rings (SSSR count). The Morgan fingerprint density at radius 1 is 1.53 bits per heavy atom. The van der Waals surface area contributed by atoms with Crippen molar-refractivity contribution in [2.45, 2.75) is 13.3 Å². The SMILES string of the molecule is Cc1cc(N(CCC(=O)O)C(=O)c2cccs2)no1. The molecule has 100 valence electrons. The van der Waals surface area contributed by atoms with Crippen molar-refractivity contribution < 1.29 is 19.2 Å². The third-order valence-corrected chi connectivity index (χ3v) is 3.28. The smallest absolute Gasteiger partial charge is 0.305 e. The van der Waals surface area contributed by atoms with Gasteiger partial charge in [0.15, 0.2) is 5.82 Å². The highest BCUT2D eigenvalue weighted by molar-refractivity contribution is 7.12. The van der Waals surface area contributed by atoms with Gasteiger partial charge in [-0.05, 0) is 18.4 Å². The summed E-state index contributed by atoms with van der Waals surface area (Å²) >= 11 is 1.30. The first-order valence-electron chi connectivity index (χ1n) is 5.58. The third kappa shape index (κ3) is 3.19. The predicted octanol–water partition coefficient (Wildman–Crippen LogP) is 2.17. The third-order valence-electron chi connectivity index (χ3n) is 2.42. The number of rotatable bonds is 5. The van der Waals surface area contributed by atoms with E-state index in [1.54, 1.807) is 30.5 Å². The van der Waals surface area contributed by atoms with Crippen molar-refractivity contribution in [3.05, 3.63) is 34.2 Å². The molecule has 0 aliphatic rings. The number of aromatic nitrogens is 1. The molecule has 0 saturated heterocycles. The summed E-state index contributed by atoms with van der Waals surface area (Å²) in [6.07, 6.45) is -0.150. The van der Waals surface area contributed by atoms with E-state index in [-0.39, 0.29) is 18.9 Å². The van der Waals surface area contributed by atoms with Gasteiger partial charge in [-0.3, -0.25) is 14.5 Å². The summed E-state index contributed by atoms with van der Waals surface area (Å²) in [5.74, 6) is -0.347. The molecule has 0 radical (unpaired) electrons. The fraction of sp³-hybridized carbons (Fsp3) is 0.250. The first-order valence-corrected chi connectivity index (χ1v) is 6.46. The van der Waals surface area contributed by atoms with E-state index in [2.05, 4.69) is 5.16 Å². The molecule has 0 unspecified atom stereocenters. The van der Waals surface area contributed by atoms with Gasteiger partial charge in [0, 0.05) is 12.6 Å². The molecule has 0 aliphatic heterocycles. The number of anilines is 1. The van der Waals surface area contributed by atoms with E-state index in [0.717, 1.165) is 0 Å².